The topological polar surface area (TPSA) is 0 Å². The van der Waals surface area contributed by atoms with E-state index in [1.807, 2.05) is 0 Å². The molecule has 2 fully saturated rings. The number of hydrogen-bond donors (Lipinski definition) is 0. The van der Waals surface area contributed by atoms with E-state index in [1.165, 1.54) is 19.3 Å². The monoisotopic (exact) mass is 152 g/mol. The van der Waals surface area contributed by atoms with Crippen LogP contribution in [0.2, 0.25) is 0 Å². The van der Waals surface area contributed by atoms with Crippen molar-refractivity contribution in [1.29, 1.82) is 0 Å². The number of hydrogen-bond acceptors (Lipinski definition) is 0. The molecule has 0 N–H and O–H groups in total. The number of rotatable bonds is 1. The summed E-state index contributed by atoms with van der Waals surface area (Å²) < 4.78 is 0. The fourth-order valence-electron chi connectivity index (χ4n) is 3.36. The van der Waals surface area contributed by atoms with Gasteiger partial charge in [-0.3, -0.25) is 0 Å². The molecule has 11 heavy (non-hydrogen) atoms. The maximum Gasteiger partial charge on any atom is -0.0272 e. The smallest absolute Gasteiger partial charge is 0.0272 e. The molecule has 2 aliphatic rings. The standard InChI is InChI=1S/C11H20/c1-8(2)11(3)7-9-4-5-10(11)6-9/h8-10H,4-7H2,1-3H3. The van der Waals surface area contributed by atoms with Crippen LogP contribution in [0.4, 0.5) is 0 Å². The van der Waals surface area contributed by atoms with Crippen LogP contribution in [0.25, 0.3) is 0 Å². The third-order valence-corrected chi connectivity index (χ3v) is 4.52. The molecule has 2 aliphatic carbocycles. The van der Waals surface area contributed by atoms with Gasteiger partial charge in [0, 0.05) is 0 Å². The lowest BCUT2D eigenvalue weighted by Crippen LogP contribution is -2.29. The average molecular weight is 152 g/mol. The van der Waals surface area contributed by atoms with Crippen molar-refractivity contribution < 1.29 is 0 Å². The summed E-state index contributed by atoms with van der Waals surface area (Å²) in [5.41, 5.74) is 0.711. The van der Waals surface area contributed by atoms with Crippen molar-refractivity contribution in [3.8, 4) is 0 Å². The Morgan fingerprint density at radius 1 is 1.27 bits per heavy atom. The predicted molar refractivity (Wildman–Crippen MR) is 48.4 cm³/mol. The molecule has 2 bridgehead atoms. The van der Waals surface area contributed by atoms with Gasteiger partial charge in [0.25, 0.3) is 0 Å². The lowest BCUT2D eigenvalue weighted by atomic mass is 9.68. The zero-order valence-corrected chi connectivity index (χ0v) is 8.06. The largest absolute Gasteiger partial charge is 0.0622 e. The first-order valence-corrected chi connectivity index (χ1v) is 5.13. The Labute approximate surface area is 70.4 Å². The molecular weight excluding hydrogens is 132 g/mol. The van der Waals surface area contributed by atoms with Crippen LogP contribution < -0.4 is 0 Å². The summed E-state index contributed by atoms with van der Waals surface area (Å²) in [4.78, 5) is 0. The maximum absolute atomic E-state index is 2.52. The van der Waals surface area contributed by atoms with Gasteiger partial charge in [-0.2, -0.15) is 0 Å². The van der Waals surface area contributed by atoms with Crippen LogP contribution in [0.1, 0.15) is 46.5 Å². The molecular formula is C11H20. The van der Waals surface area contributed by atoms with Crippen molar-refractivity contribution in [2.24, 2.45) is 23.2 Å². The van der Waals surface area contributed by atoms with Gasteiger partial charge in [0.15, 0.2) is 0 Å². The van der Waals surface area contributed by atoms with Crippen molar-refractivity contribution in [2.45, 2.75) is 46.5 Å². The van der Waals surface area contributed by atoms with Crippen molar-refractivity contribution in [2.75, 3.05) is 0 Å². The average Bonchev–Trinajstić information content (AvgIpc) is 2.45. The Balaban J connectivity index is 2.16. The molecule has 0 aromatic heterocycles. The fraction of sp³-hybridized carbons (Fsp3) is 1.00. The van der Waals surface area contributed by atoms with Crippen molar-refractivity contribution in [1.82, 2.24) is 0 Å². The normalized spacial score (nSPS) is 49.1. The first-order valence-electron chi connectivity index (χ1n) is 5.13. The summed E-state index contributed by atoms with van der Waals surface area (Å²) in [6, 6.07) is 0. The second kappa shape index (κ2) is 2.24. The minimum Gasteiger partial charge on any atom is -0.0622 e. The van der Waals surface area contributed by atoms with Crippen LogP contribution in [0.15, 0.2) is 0 Å². The molecule has 3 unspecified atom stereocenters. The second-order valence-corrected chi connectivity index (χ2v) is 5.24. The van der Waals surface area contributed by atoms with Crippen LogP contribution in [0.5, 0.6) is 0 Å². The molecule has 0 aromatic carbocycles. The molecule has 2 saturated carbocycles. The van der Waals surface area contributed by atoms with Crippen molar-refractivity contribution in [3.05, 3.63) is 0 Å². The second-order valence-electron chi connectivity index (χ2n) is 5.24. The van der Waals surface area contributed by atoms with E-state index in [9.17, 15) is 0 Å². The summed E-state index contributed by atoms with van der Waals surface area (Å²) >= 11 is 0. The molecule has 0 radical (unpaired) electrons. The molecule has 0 nitrogen and oxygen atoms in total. The SMILES string of the molecule is CC(C)C1(C)CC2CCC1C2. The van der Waals surface area contributed by atoms with E-state index in [-0.39, 0.29) is 0 Å². The van der Waals surface area contributed by atoms with E-state index in [1.54, 1.807) is 6.42 Å². The Kier molecular flexibility index (Phi) is 1.56. The minimum atomic E-state index is 0.711. The Bertz CT molecular complexity index is 159. The first kappa shape index (κ1) is 7.64. The molecule has 0 amide bonds. The summed E-state index contributed by atoms with van der Waals surface area (Å²) in [5, 5.41) is 0. The highest BCUT2D eigenvalue weighted by molar-refractivity contribution is 4.99. The summed E-state index contributed by atoms with van der Waals surface area (Å²) in [5.74, 6) is 3.08. The molecule has 0 saturated heterocycles. The van der Waals surface area contributed by atoms with E-state index in [4.69, 9.17) is 0 Å². The lowest BCUT2D eigenvalue weighted by Gasteiger charge is -2.38. The van der Waals surface area contributed by atoms with E-state index in [2.05, 4.69) is 20.8 Å². The molecule has 0 heteroatoms. The minimum absolute atomic E-state index is 0.711. The van der Waals surface area contributed by atoms with Crippen LogP contribution in [-0.4, -0.2) is 0 Å². The van der Waals surface area contributed by atoms with Gasteiger partial charge in [-0.15, -0.1) is 0 Å². The van der Waals surface area contributed by atoms with Crippen LogP contribution in [0.3, 0.4) is 0 Å². The predicted octanol–water partition coefficient (Wildman–Crippen LogP) is 3.47. The first-order chi connectivity index (χ1) is 5.13. The van der Waals surface area contributed by atoms with Gasteiger partial charge in [0.2, 0.25) is 0 Å². The van der Waals surface area contributed by atoms with E-state index < -0.39 is 0 Å². The summed E-state index contributed by atoms with van der Waals surface area (Å²) in [7, 11) is 0. The molecule has 0 spiro atoms. The van der Waals surface area contributed by atoms with E-state index in [0.717, 1.165) is 17.8 Å². The molecule has 0 heterocycles. The Morgan fingerprint density at radius 3 is 2.27 bits per heavy atom. The molecule has 0 aromatic rings. The Morgan fingerprint density at radius 2 is 2.00 bits per heavy atom. The van der Waals surface area contributed by atoms with Crippen LogP contribution >= 0.6 is 0 Å². The highest BCUT2D eigenvalue weighted by Gasteiger charge is 2.48. The van der Waals surface area contributed by atoms with E-state index >= 15 is 0 Å². The van der Waals surface area contributed by atoms with Gasteiger partial charge in [0.1, 0.15) is 0 Å². The van der Waals surface area contributed by atoms with Crippen molar-refractivity contribution in [3.63, 3.8) is 0 Å². The third-order valence-electron chi connectivity index (χ3n) is 4.52. The third kappa shape index (κ3) is 0.947. The van der Waals surface area contributed by atoms with Gasteiger partial charge in [-0.25, -0.2) is 0 Å². The summed E-state index contributed by atoms with van der Waals surface area (Å²) in [6.07, 6.45) is 6.14. The molecule has 0 aliphatic heterocycles. The maximum atomic E-state index is 2.52. The molecule has 3 atom stereocenters. The highest BCUT2D eigenvalue weighted by Crippen LogP contribution is 2.58. The van der Waals surface area contributed by atoms with Crippen LogP contribution in [0, 0.1) is 23.2 Å². The van der Waals surface area contributed by atoms with Gasteiger partial charge >= 0.3 is 0 Å². The molecule has 2 rings (SSSR count). The fourth-order valence-corrected chi connectivity index (χ4v) is 3.36. The highest BCUT2D eigenvalue weighted by atomic mass is 14.5. The van der Waals surface area contributed by atoms with Crippen molar-refractivity contribution >= 4 is 0 Å². The summed E-state index contributed by atoms with van der Waals surface area (Å²) in [6.45, 7) is 7.32. The Hall–Kier alpha value is 0. The molecule has 64 valence electrons. The zero-order valence-electron chi connectivity index (χ0n) is 8.06. The van der Waals surface area contributed by atoms with Gasteiger partial charge in [0.05, 0.1) is 0 Å². The van der Waals surface area contributed by atoms with Gasteiger partial charge < -0.3 is 0 Å². The van der Waals surface area contributed by atoms with Gasteiger partial charge in [-0.05, 0) is 42.4 Å². The van der Waals surface area contributed by atoms with Crippen LogP contribution in [-0.2, 0) is 0 Å². The number of fused-ring (bicyclic) bond motifs is 2. The van der Waals surface area contributed by atoms with E-state index in [0.29, 0.717) is 5.41 Å². The lowest BCUT2D eigenvalue weighted by molar-refractivity contribution is 0.119. The quantitative estimate of drug-likeness (QED) is 0.539. The van der Waals surface area contributed by atoms with Gasteiger partial charge in [-0.1, -0.05) is 27.2 Å². The zero-order chi connectivity index (χ0) is 8.06.